The Bertz CT molecular complexity index is 517. The summed E-state index contributed by atoms with van der Waals surface area (Å²) in [6.07, 6.45) is 2.32. The van der Waals surface area contributed by atoms with Crippen molar-refractivity contribution in [1.82, 2.24) is 5.32 Å². The molecule has 1 aliphatic carbocycles. The maximum Gasteiger partial charge on any atom is 0.251 e. The normalized spacial score (nSPS) is 27.4. The van der Waals surface area contributed by atoms with E-state index in [0.29, 0.717) is 29.1 Å². The highest BCUT2D eigenvalue weighted by Crippen LogP contribution is 2.38. The minimum Gasteiger partial charge on any atom is -0.493 e. The molecular weight excluding hydrogens is 258 g/mol. The highest BCUT2D eigenvalue weighted by atomic mass is 16.5. The maximum atomic E-state index is 12.3. The monoisotopic (exact) mass is 277 g/mol. The smallest absolute Gasteiger partial charge is 0.251 e. The molecule has 1 saturated heterocycles. The minimum absolute atomic E-state index is 0.0682. The Morgan fingerprint density at radius 3 is 2.80 bits per heavy atom. The van der Waals surface area contributed by atoms with Gasteiger partial charge in [0, 0.05) is 24.1 Å². The highest BCUT2D eigenvalue weighted by molar-refractivity contribution is 5.95. The van der Waals surface area contributed by atoms with E-state index in [4.69, 9.17) is 14.2 Å². The van der Waals surface area contributed by atoms with Gasteiger partial charge in [-0.25, -0.2) is 0 Å². The van der Waals surface area contributed by atoms with Crippen LogP contribution in [0.15, 0.2) is 18.2 Å². The summed E-state index contributed by atoms with van der Waals surface area (Å²) in [6, 6.07) is 5.44. The molecule has 1 heterocycles. The fourth-order valence-electron chi connectivity index (χ4n) is 2.99. The summed E-state index contributed by atoms with van der Waals surface area (Å²) in [4.78, 5) is 12.3. The predicted octanol–water partition coefficient (Wildman–Crippen LogP) is 1.61. The van der Waals surface area contributed by atoms with E-state index in [1.165, 1.54) is 0 Å². The van der Waals surface area contributed by atoms with E-state index in [1.54, 1.807) is 32.4 Å². The summed E-state index contributed by atoms with van der Waals surface area (Å²) < 4.78 is 15.9. The molecule has 1 aromatic carbocycles. The van der Waals surface area contributed by atoms with Crippen LogP contribution in [0.2, 0.25) is 0 Å². The second kappa shape index (κ2) is 5.32. The third-order valence-corrected chi connectivity index (χ3v) is 4.23. The number of benzene rings is 1. The average Bonchev–Trinajstić information content (AvgIpc) is 2.84. The van der Waals surface area contributed by atoms with Crippen molar-refractivity contribution in [3.63, 3.8) is 0 Å². The molecule has 1 aliphatic heterocycles. The number of ether oxygens (including phenoxy) is 3. The van der Waals surface area contributed by atoms with Crippen molar-refractivity contribution in [3.05, 3.63) is 23.8 Å². The number of amides is 1. The first kappa shape index (κ1) is 13.2. The van der Waals surface area contributed by atoms with E-state index in [0.717, 1.165) is 19.4 Å². The van der Waals surface area contributed by atoms with Gasteiger partial charge < -0.3 is 19.5 Å². The Kier molecular flexibility index (Phi) is 3.53. The van der Waals surface area contributed by atoms with Crippen molar-refractivity contribution >= 4 is 5.91 Å². The number of carbonyl (C=O) groups excluding carboxylic acids is 1. The van der Waals surface area contributed by atoms with E-state index in [-0.39, 0.29) is 11.9 Å². The van der Waals surface area contributed by atoms with Gasteiger partial charge in [0.2, 0.25) is 0 Å². The van der Waals surface area contributed by atoms with Crippen LogP contribution in [-0.4, -0.2) is 38.9 Å². The SMILES string of the molecule is COc1ccc(C(=O)N[C@H]2C[C@@H]3OCC[C@H]23)cc1OC. The zero-order chi connectivity index (χ0) is 14.1. The lowest BCUT2D eigenvalue weighted by Gasteiger charge is -2.39. The molecule has 5 nitrogen and oxygen atoms in total. The second-order valence-corrected chi connectivity index (χ2v) is 5.25. The number of carbonyl (C=O) groups is 1. The first-order valence-corrected chi connectivity index (χ1v) is 6.87. The molecule has 0 radical (unpaired) electrons. The highest BCUT2D eigenvalue weighted by Gasteiger charge is 2.45. The van der Waals surface area contributed by atoms with Crippen LogP contribution in [-0.2, 0) is 4.74 Å². The fraction of sp³-hybridized carbons (Fsp3) is 0.533. The lowest BCUT2D eigenvalue weighted by molar-refractivity contribution is 0.00809. The van der Waals surface area contributed by atoms with Crippen molar-refractivity contribution in [2.45, 2.75) is 25.0 Å². The summed E-state index contributed by atoms with van der Waals surface area (Å²) in [6.45, 7) is 0.818. The topological polar surface area (TPSA) is 56.8 Å². The largest absolute Gasteiger partial charge is 0.493 e. The molecule has 1 N–H and O–H groups in total. The van der Waals surface area contributed by atoms with Gasteiger partial charge in [-0.15, -0.1) is 0 Å². The molecule has 1 aromatic rings. The van der Waals surface area contributed by atoms with Crippen molar-refractivity contribution in [3.8, 4) is 11.5 Å². The Morgan fingerprint density at radius 1 is 1.30 bits per heavy atom. The lowest BCUT2D eigenvalue weighted by Crippen LogP contribution is -2.53. The van der Waals surface area contributed by atoms with Gasteiger partial charge in [-0.2, -0.15) is 0 Å². The number of hydrogen-bond acceptors (Lipinski definition) is 4. The molecule has 108 valence electrons. The lowest BCUT2D eigenvalue weighted by atomic mass is 9.76. The van der Waals surface area contributed by atoms with E-state index in [2.05, 4.69) is 5.32 Å². The minimum atomic E-state index is -0.0682. The van der Waals surface area contributed by atoms with Crippen LogP contribution in [0.5, 0.6) is 11.5 Å². The van der Waals surface area contributed by atoms with Gasteiger partial charge in [-0.05, 0) is 31.0 Å². The number of methoxy groups -OCH3 is 2. The Morgan fingerprint density at radius 2 is 2.10 bits per heavy atom. The molecule has 3 atom stereocenters. The Hall–Kier alpha value is -1.75. The zero-order valence-electron chi connectivity index (χ0n) is 11.7. The second-order valence-electron chi connectivity index (χ2n) is 5.25. The molecule has 3 rings (SSSR count). The first-order valence-electron chi connectivity index (χ1n) is 6.87. The first-order chi connectivity index (χ1) is 9.72. The fourth-order valence-corrected chi connectivity index (χ4v) is 2.99. The predicted molar refractivity (Wildman–Crippen MR) is 73.3 cm³/mol. The molecule has 0 unspecified atom stereocenters. The molecule has 2 aliphatic rings. The van der Waals surface area contributed by atoms with Gasteiger partial charge in [0.25, 0.3) is 5.91 Å². The molecule has 0 bridgehead atoms. The van der Waals surface area contributed by atoms with E-state index < -0.39 is 0 Å². The third kappa shape index (κ3) is 2.22. The van der Waals surface area contributed by atoms with Crippen LogP contribution in [0.3, 0.4) is 0 Å². The number of nitrogens with one attached hydrogen (secondary N) is 1. The van der Waals surface area contributed by atoms with Gasteiger partial charge in [-0.3, -0.25) is 4.79 Å². The van der Waals surface area contributed by atoms with Crippen LogP contribution in [0.1, 0.15) is 23.2 Å². The molecular formula is C15H19NO4. The van der Waals surface area contributed by atoms with Crippen LogP contribution in [0.4, 0.5) is 0 Å². The van der Waals surface area contributed by atoms with Crippen LogP contribution in [0.25, 0.3) is 0 Å². The molecule has 0 spiro atoms. The van der Waals surface area contributed by atoms with E-state index in [9.17, 15) is 4.79 Å². The zero-order valence-corrected chi connectivity index (χ0v) is 11.7. The van der Waals surface area contributed by atoms with Gasteiger partial charge >= 0.3 is 0 Å². The molecule has 1 amide bonds. The molecule has 5 heteroatoms. The Labute approximate surface area is 118 Å². The molecule has 0 aromatic heterocycles. The maximum absolute atomic E-state index is 12.3. The molecule has 2 fully saturated rings. The van der Waals surface area contributed by atoms with Crippen LogP contribution in [0, 0.1) is 5.92 Å². The summed E-state index contributed by atoms with van der Waals surface area (Å²) in [5, 5.41) is 3.08. The van der Waals surface area contributed by atoms with Crippen molar-refractivity contribution < 1.29 is 19.0 Å². The van der Waals surface area contributed by atoms with E-state index in [1.807, 2.05) is 0 Å². The standard InChI is InChI=1S/C15H19NO4/c1-18-12-4-3-9(7-14(12)19-2)15(17)16-11-8-13-10(11)5-6-20-13/h3-4,7,10-11,13H,5-6,8H2,1-2H3,(H,16,17)/t10-,11+,13+/m1/s1. The molecule has 20 heavy (non-hydrogen) atoms. The summed E-state index contributed by atoms with van der Waals surface area (Å²) in [5.41, 5.74) is 0.588. The van der Waals surface area contributed by atoms with E-state index >= 15 is 0 Å². The van der Waals surface area contributed by atoms with Gasteiger partial charge in [-0.1, -0.05) is 0 Å². The quantitative estimate of drug-likeness (QED) is 0.908. The third-order valence-electron chi connectivity index (χ3n) is 4.23. The Balaban J connectivity index is 1.68. The van der Waals surface area contributed by atoms with Gasteiger partial charge in [0.15, 0.2) is 11.5 Å². The number of rotatable bonds is 4. The average molecular weight is 277 g/mol. The number of hydrogen-bond donors (Lipinski definition) is 1. The van der Waals surface area contributed by atoms with Crippen LogP contribution < -0.4 is 14.8 Å². The van der Waals surface area contributed by atoms with Gasteiger partial charge in [0.1, 0.15) is 0 Å². The van der Waals surface area contributed by atoms with Crippen molar-refractivity contribution in [2.24, 2.45) is 5.92 Å². The van der Waals surface area contributed by atoms with Crippen molar-refractivity contribution in [2.75, 3.05) is 20.8 Å². The summed E-state index contributed by atoms with van der Waals surface area (Å²) in [5.74, 6) is 1.60. The molecule has 1 saturated carbocycles. The van der Waals surface area contributed by atoms with Crippen LogP contribution >= 0.6 is 0 Å². The summed E-state index contributed by atoms with van der Waals surface area (Å²) in [7, 11) is 3.14. The van der Waals surface area contributed by atoms with Gasteiger partial charge in [0.05, 0.1) is 20.3 Å². The van der Waals surface area contributed by atoms with Crippen molar-refractivity contribution in [1.29, 1.82) is 0 Å². The summed E-state index contributed by atoms with van der Waals surface area (Å²) >= 11 is 0. The number of fused-ring (bicyclic) bond motifs is 1.